The van der Waals surface area contributed by atoms with Gasteiger partial charge in [-0.2, -0.15) is 0 Å². The summed E-state index contributed by atoms with van der Waals surface area (Å²) in [5.41, 5.74) is 7.44. The predicted molar refractivity (Wildman–Crippen MR) is 50.0 cm³/mol. The zero-order chi connectivity index (χ0) is 7.84. The Labute approximate surface area is 71.9 Å². The molecule has 0 unspecified atom stereocenters. The van der Waals surface area contributed by atoms with Gasteiger partial charge in [0, 0.05) is 10.8 Å². The van der Waals surface area contributed by atoms with Gasteiger partial charge in [-0.15, -0.1) is 22.7 Å². The van der Waals surface area contributed by atoms with Crippen LogP contribution in [0.4, 0.5) is 5.69 Å². The number of aliphatic hydroxyl groups is 1. The van der Waals surface area contributed by atoms with Crippen LogP contribution < -0.4 is 5.73 Å². The molecule has 2 aromatic rings. The summed E-state index contributed by atoms with van der Waals surface area (Å²) >= 11 is 3.27. The highest BCUT2D eigenvalue weighted by atomic mass is 32.2. The molecule has 2 heterocycles. The summed E-state index contributed by atoms with van der Waals surface area (Å²) in [7, 11) is 0. The smallest absolute Gasteiger partial charge is 0.0890 e. The molecule has 3 N–H and O–H groups in total. The van der Waals surface area contributed by atoms with Crippen molar-refractivity contribution in [2.75, 3.05) is 5.73 Å². The fraction of sp³-hybridized carbons (Fsp3) is 0.143. The molecule has 4 heteroatoms. The molecule has 0 amide bonds. The highest BCUT2D eigenvalue weighted by molar-refractivity contribution is 7.37. The van der Waals surface area contributed by atoms with E-state index in [1.165, 1.54) is 4.01 Å². The van der Waals surface area contributed by atoms with Crippen LogP contribution in [0.25, 0.3) is 9.40 Å². The second kappa shape index (κ2) is 2.48. The van der Waals surface area contributed by atoms with E-state index < -0.39 is 0 Å². The zero-order valence-electron chi connectivity index (χ0n) is 5.70. The van der Waals surface area contributed by atoms with Crippen molar-refractivity contribution < 1.29 is 5.11 Å². The summed E-state index contributed by atoms with van der Waals surface area (Å²) in [5, 5.41) is 13.8. The number of nitrogens with two attached hydrogens (primary N) is 1. The molecule has 0 saturated heterocycles. The average molecular weight is 185 g/mol. The number of nitrogen functional groups attached to an aromatic ring is 1. The molecule has 0 spiro atoms. The lowest BCUT2D eigenvalue weighted by molar-refractivity contribution is 0.284. The molecule has 2 aromatic heterocycles. The van der Waals surface area contributed by atoms with Crippen molar-refractivity contribution >= 4 is 37.8 Å². The van der Waals surface area contributed by atoms with E-state index in [0.29, 0.717) is 0 Å². The van der Waals surface area contributed by atoms with Gasteiger partial charge in [0.25, 0.3) is 0 Å². The monoisotopic (exact) mass is 185 g/mol. The molecule has 0 aromatic carbocycles. The van der Waals surface area contributed by atoms with E-state index in [4.69, 9.17) is 10.8 Å². The summed E-state index contributed by atoms with van der Waals surface area (Å²) in [6.07, 6.45) is 0. The minimum Gasteiger partial charge on any atom is -0.398 e. The van der Waals surface area contributed by atoms with Gasteiger partial charge in [-0.1, -0.05) is 0 Å². The standard InChI is InChI=1S/C7H7NOS2/c8-5-3-11-7-6(5)4(1-9)2-10-7/h2-3,9H,1,8H2. The minimum absolute atomic E-state index is 0.0843. The van der Waals surface area contributed by atoms with Crippen LogP contribution in [0.1, 0.15) is 5.56 Å². The van der Waals surface area contributed by atoms with Crippen molar-refractivity contribution in [2.45, 2.75) is 6.61 Å². The van der Waals surface area contributed by atoms with E-state index in [1.807, 2.05) is 10.8 Å². The average Bonchev–Trinajstić information content (AvgIpc) is 2.54. The van der Waals surface area contributed by atoms with Crippen molar-refractivity contribution in [3.8, 4) is 0 Å². The first-order valence-electron chi connectivity index (χ1n) is 3.17. The Morgan fingerprint density at radius 3 is 2.82 bits per heavy atom. The molecule has 0 aliphatic rings. The largest absolute Gasteiger partial charge is 0.398 e. The molecule has 0 fully saturated rings. The van der Waals surface area contributed by atoms with Gasteiger partial charge in [-0.05, 0) is 10.9 Å². The van der Waals surface area contributed by atoms with Crippen molar-refractivity contribution in [3.63, 3.8) is 0 Å². The normalized spacial score (nSPS) is 11.0. The maximum atomic E-state index is 8.92. The molecule has 0 bridgehead atoms. The number of rotatable bonds is 1. The molecule has 0 radical (unpaired) electrons. The fourth-order valence-corrected chi connectivity index (χ4v) is 3.09. The summed E-state index contributed by atoms with van der Waals surface area (Å²) in [6.45, 7) is 0.0843. The Morgan fingerprint density at radius 2 is 2.09 bits per heavy atom. The van der Waals surface area contributed by atoms with E-state index >= 15 is 0 Å². The number of hydrogen-bond donors (Lipinski definition) is 2. The lowest BCUT2D eigenvalue weighted by atomic mass is 10.2. The second-order valence-corrected chi connectivity index (χ2v) is 4.29. The van der Waals surface area contributed by atoms with E-state index in [0.717, 1.165) is 16.6 Å². The summed E-state index contributed by atoms with van der Waals surface area (Å²) in [5.74, 6) is 0. The first kappa shape index (κ1) is 7.09. The third-order valence-electron chi connectivity index (χ3n) is 1.59. The fourth-order valence-electron chi connectivity index (χ4n) is 1.06. The van der Waals surface area contributed by atoms with Gasteiger partial charge >= 0.3 is 0 Å². The lowest BCUT2D eigenvalue weighted by Gasteiger charge is -1.89. The Bertz CT molecular complexity index is 377. The topological polar surface area (TPSA) is 46.2 Å². The molecule has 11 heavy (non-hydrogen) atoms. The predicted octanol–water partition coefficient (Wildman–Crippen LogP) is 2.04. The van der Waals surface area contributed by atoms with E-state index in [2.05, 4.69) is 0 Å². The molecule has 0 aliphatic heterocycles. The maximum absolute atomic E-state index is 8.92. The SMILES string of the molecule is Nc1csc2scc(CO)c12. The lowest BCUT2D eigenvalue weighted by Crippen LogP contribution is -1.83. The van der Waals surface area contributed by atoms with Crippen molar-refractivity contribution in [1.29, 1.82) is 0 Å². The van der Waals surface area contributed by atoms with E-state index in [1.54, 1.807) is 22.7 Å². The van der Waals surface area contributed by atoms with Crippen LogP contribution >= 0.6 is 22.7 Å². The van der Waals surface area contributed by atoms with E-state index in [9.17, 15) is 0 Å². The Morgan fingerprint density at radius 1 is 1.36 bits per heavy atom. The molecular weight excluding hydrogens is 178 g/mol. The van der Waals surface area contributed by atoms with Crippen molar-refractivity contribution in [3.05, 3.63) is 16.3 Å². The van der Waals surface area contributed by atoms with E-state index in [-0.39, 0.29) is 6.61 Å². The number of fused-ring (bicyclic) bond motifs is 1. The number of thiophene rings is 2. The molecule has 2 nitrogen and oxygen atoms in total. The number of anilines is 1. The molecule has 2 rings (SSSR count). The third-order valence-corrected chi connectivity index (χ3v) is 3.77. The van der Waals surface area contributed by atoms with Gasteiger partial charge in [-0.3, -0.25) is 0 Å². The molecule has 58 valence electrons. The van der Waals surface area contributed by atoms with Gasteiger partial charge in [0.2, 0.25) is 0 Å². The first-order chi connectivity index (χ1) is 5.33. The Kier molecular flexibility index (Phi) is 1.60. The van der Waals surface area contributed by atoms with Gasteiger partial charge in [0.05, 0.1) is 16.3 Å². The van der Waals surface area contributed by atoms with Crippen molar-refractivity contribution in [1.82, 2.24) is 0 Å². The molecule has 0 saturated carbocycles. The Hall–Kier alpha value is -0.580. The summed E-state index contributed by atoms with van der Waals surface area (Å²) in [4.78, 5) is 0. The maximum Gasteiger partial charge on any atom is 0.0890 e. The zero-order valence-corrected chi connectivity index (χ0v) is 7.34. The third kappa shape index (κ3) is 0.946. The first-order valence-corrected chi connectivity index (χ1v) is 4.92. The minimum atomic E-state index is 0.0843. The van der Waals surface area contributed by atoms with Crippen LogP contribution in [-0.2, 0) is 6.61 Å². The summed E-state index contributed by atoms with van der Waals surface area (Å²) in [6, 6.07) is 0. The van der Waals surface area contributed by atoms with Crippen LogP contribution in [-0.4, -0.2) is 5.11 Å². The summed E-state index contributed by atoms with van der Waals surface area (Å²) < 4.78 is 1.20. The molecular formula is C7H7NOS2. The van der Waals surface area contributed by atoms with Gasteiger partial charge < -0.3 is 10.8 Å². The van der Waals surface area contributed by atoms with Gasteiger partial charge in [-0.25, -0.2) is 0 Å². The van der Waals surface area contributed by atoms with Crippen LogP contribution in [0.3, 0.4) is 0 Å². The molecule has 0 aliphatic carbocycles. The van der Waals surface area contributed by atoms with Gasteiger partial charge in [0.15, 0.2) is 0 Å². The quantitative estimate of drug-likeness (QED) is 0.714. The van der Waals surface area contributed by atoms with Crippen LogP contribution in [0.5, 0.6) is 0 Å². The second-order valence-electron chi connectivity index (χ2n) is 2.27. The molecule has 0 atom stereocenters. The highest BCUT2D eigenvalue weighted by Crippen LogP contribution is 2.35. The number of aliphatic hydroxyl groups excluding tert-OH is 1. The highest BCUT2D eigenvalue weighted by Gasteiger charge is 2.07. The van der Waals surface area contributed by atoms with Crippen LogP contribution in [0.15, 0.2) is 10.8 Å². The number of hydrogen-bond acceptors (Lipinski definition) is 4. The Balaban J connectivity index is 2.80. The van der Waals surface area contributed by atoms with Crippen LogP contribution in [0.2, 0.25) is 0 Å². The van der Waals surface area contributed by atoms with Gasteiger partial charge in [0.1, 0.15) is 0 Å². The van der Waals surface area contributed by atoms with Crippen molar-refractivity contribution in [2.24, 2.45) is 0 Å². The van der Waals surface area contributed by atoms with Crippen LogP contribution in [0, 0.1) is 0 Å².